The number of anilines is 1. The van der Waals surface area contributed by atoms with Crippen LogP contribution in [0, 0.1) is 13.8 Å². The van der Waals surface area contributed by atoms with Crippen LogP contribution in [0.25, 0.3) is 0 Å². The number of hydrogen-bond donors (Lipinski definition) is 1. The SMILES string of the molecule is CC[C@@H](C)NC(=O)[C@H](CC)N(Cc1ccc(Cl)c(Cl)c1)C(=O)CN(c1cccc(C)c1C)S(C)(=O)=O. The first-order valence-electron chi connectivity index (χ1n) is 11.9. The maximum atomic E-state index is 13.8. The summed E-state index contributed by atoms with van der Waals surface area (Å²) in [7, 11) is -3.80. The van der Waals surface area contributed by atoms with E-state index in [0.717, 1.165) is 28.1 Å². The predicted molar refractivity (Wildman–Crippen MR) is 147 cm³/mol. The second kappa shape index (κ2) is 12.8. The lowest BCUT2D eigenvalue weighted by molar-refractivity contribution is -0.140. The first-order valence-corrected chi connectivity index (χ1v) is 14.5. The first-order chi connectivity index (χ1) is 16.8. The second-order valence-electron chi connectivity index (χ2n) is 9.00. The van der Waals surface area contributed by atoms with Crippen LogP contribution < -0.4 is 9.62 Å². The van der Waals surface area contributed by atoms with Gasteiger partial charge in [-0.1, -0.05) is 55.2 Å². The molecular formula is C26H35Cl2N3O4S. The Kier molecular flexibility index (Phi) is 10.6. The van der Waals surface area contributed by atoms with E-state index in [2.05, 4.69) is 5.32 Å². The Morgan fingerprint density at radius 1 is 1.03 bits per heavy atom. The largest absolute Gasteiger partial charge is 0.352 e. The average Bonchev–Trinajstić information content (AvgIpc) is 2.80. The number of nitrogens with zero attached hydrogens (tertiary/aromatic N) is 2. The molecule has 10 heteroatoms. The molecule has 0 saturated heterocycles. The predicted octanol–water partition coefficient (Wildman–Crippen LogP) is 5.10. The number of hydrogen-bond acceptors (Lipinski definition) is 4. The van der Waals surface area contributed by atoms with E-state index in [9.17, 15) is 18.0 Å². The molecule has 7 nitrogen and oxygen atoms in total. The lowest BCUT2D eigenvalue weighted by Crippen LogP contribution is -2.53. The summed E-state index contributed by atoms with van der Waals surface area (Å²) < 4.78 is 26.7. The number of rotatable bonds is 11. The molecule has 0 aliphatic carbocycles. The van der Waals surface area contributed by atoms with Gasteiger partial charge in [-0.3, -0.25) is 13.9 Å². The third kappa shape index (κ3) is 7.60. The Bertz CT molecular complexity index is 1200. The fraction of sp³-hybridized carbons (Fsp3) is 0.462. The summed E-state index contributed by atoms with van der Waals surface area (Å²) in [4.78, 5) is 28.4. The van der Waals surface area contributed by atoms with Crippen LogP contribution in [-0.4, -0.2) is 50.0 Å². The van der Waals surface area contributed by atoms with Crippen LogP contribution in [0.4, 0.5) is 5.69 Å². The molecule has 0 fully saturated rings. The molecule has 36 heavy (non-hydrogen) atoms. The number of aryl methyl sites for hydroxylation is 1. The van der Waals surface area contributed by atoms with Gasteiger partial charge in [0, 0.05) is 12.6 Å². The number of sulfonamides is 1. The van der Waals surface area contributed by atoms with Crippen molar-refractivity contribution >= 4 is 50.7 Å². The molecule has 0 unspecified atom stereocenters. The van der Waals surface area contributed by atoms with Gasteiger partial charge in [-0.15, -0.1) is 0 Å². The minimum absolute atomic E-state index is 0.0621. The quantitative estimate of drug-likeness (QED) is 0.418. The minimum Gasteiger partial charge on any atom is -0.352 e. The van der Waals surface area contributed by atoms with Crippen molar-refractivity contribution in [3.05, 3.63) is 63.1 Å². The molecule has 2 rings (SSSR count). The third-order valence-electron chi connectivity index (χ3n) is 6.25. The number of carbonyl (C=O) groups is 2. The number of halogens is 2. The Hall–Kier alpha value is -2.29. The summed E-state index contributed by atoms with van der Waals surface area (Å²) in [6.45, 7) is 8.97. The van der Waals surface area contributed by atoms with Crippen LogP contribution in [0.1, 0.15) is 50.3 Å². The zero-order valence-electron chi connectivity index (χ0n) is 21.6. The van der Waals surface area contributed by atoms with Gasteiger partial charge in [0.2, 0.25) is 21.8 Å². The van der Waals surface area contributed by atoms with E-state index in [4.69, 9.17) is 23.2 Å². The zero-order valence-corrected chi connectivity index (χ0v) is 24.0. The van der Waals surface area contributed by atoms with E-state index in [1.165, 1.54) is 4.90 Å². The van der Waals surface area contributed by atoms with Crippen LogP contribution in [-0.2, 0) is 26.2 Å². The highest BCUT2D eigenvalue weighted by atomic mass is 35.5. The molecule has 198 valence electrons. The summed E-state index contributed by atoms with van der Waals surface area (Å²) >= 11 is 12.3. The number of nitrogens with one attached hydrogen (secondary N) is 1. The highest BCUT2D eigenvalue weighted by molar-refractivity contribution is 7.92. The van der Waals surface area contributed by atoms with Crippen LogP contribution in [0.3, 0.4) is 0 Å². The van der Waals surface area contributed by atoms with Crippen molar-refractivity contribution < 1.29 is 18.0 Å². The second-order valence-corrected chi connectivity index (χ2v) is 11.7. The van der Waals surface area contributed by atoms with Gasteiger partial charge in [0.25, 0.3) is 0 Å². The maximum absolute atomic E-state index is 13.8. The molecule has 0 radical (unpaired) electrons. The molecule has 0 bridgehead atoms. The van der Waals surface area contributed by atoms with E-state index in [1.54, 1.807) is 30.3 Å². The van der Waals surface area contributed by atoms with Crippen LogP contribution in [0.15, 0.2) is 36.4 Å². The summed E-state index contributed by atoms with van der Waals surface area (Å²) in [6.07, 6.45) is 2.15. The van der Waals surface area contributed by atoms with Crippen molar-refractivity contribution in [2.75, 3.05) is 17.1 Å². The molecule has 0 spiro atoms. The zero-order chi connectivity index (χ0) is 27.2. The molecule has 0 saturated carbocycles. The van der Waals surface area contributed by atoms with Gasteiger partial charge in [-0.2, -0.15) is 0 Å². The fourth-order valence-corrected chi connectivity index (χ4v) is 5.02. The smallest absolute Gasteiger partial charge is 0.244 e. The van der Waals surface area contributed by atoms with Gasteiger partial charge in [0.15, 0.2) is 0 Å². The Morgan fingerprint density at radius 2 is 1.69 bits per heavy atom. The summed E-state index contributed by atoms with van der Waals surface area (Å²) in [6, 6.07) is 9.42. The monoisotopic (exact) mass is 555 g/mol. The molecule has 2 atom stereocenters. The molecule has 2 amide bonds. The van der Waals surface area contributed by atoms with Gasteiger partial charge >= 0.3 is 0 Å². The lowest BCUT2D eigenvalue weighted by Gasteiger charge is -2.33. The van der Waals surface area contributed by atoms with Gasteiger partial charge in [0.1, 0.15) is 12.6 Å². The Morgan fingerprint density at radius 3 is 2.25 bits per heavy atom. The topological polar surface area (TPSA) is 86.8 Å². The van der Waals surface area contributed by atoms with Crippen molar-refractivity contribution in [2.24, 2.45) is 0 Å². The Balaban J connectivity index is 2.51. The van der Waals surface area contributed by atoms with Gasteiger partial charge in [0.05, 0.1) is 22.0 Å². The van der Waals surface area contributed by atoms with Crippen molar-refractivity contribution in [1.29, 1.82) is 0 Å². The average molecular weight is 557 g/mol. The number of carbonyl (C=O) groups excluding carboxylic acids is 2. The van der Waals surface area contributed by atoms with Crippen molar-refractivity contribution in [1.82, 2.24) is 10.2 Å². The summed E-state index contributed by atoms with van der Waals surface area (Å²) in [5, 5.41) is 3.64. The third-order valence-corrected chi connectivity index (χ3v) is 8.11. The van der Waals surface area contributed by atoms with E-state index in [-0.39, 0.29) is 18.5 Å². The molecule has 0 aliphatic heterocycles. The van der Waals surface area contributed by atoms with E-state index < -0.39 is 28.5 Å². The summed E-state index contributed by atoms with van der Waals surface area (Å²) in [5.41, 5.74) is 2.76. The first kappa shape index (κ1) is 29.9. The number of benzene rings is 2. The van der Waals surface area contributed by atoms with E-state index in [1.807, 2.05) is 40.7 Å². The molecule has 2 aromatic rings. The molecule has 0 aromatic heterocycles. The number of amides is 2. The highest BCUT2D eigenvalue weighted by Crippen LogP contribution is 2.27. The van der Waals surface area contributed by atoms with E-state index in [0.29, 0.717) is 27.7 Å². The standard InChI is InChI=1S/C26H35Cl2N3O4S/c1-7-18(4)29-26(33)23(8-2)30(15-20-12-13-21(27)22(28)14-20)25(32)16-31(36(6,34)35)24-11-9-10-17(3)19(24)5/h9-14,18,23H,7-8,15-16H2,1-6H3,(H,29,33)/t18-,23+/m1/s1. The van der Waals surface area contributed by atoms with E-state index >= 15 is 0 Å². The van der Waals surface area contributed by atoms with Crippen molar-refractivity contribution in [3.63, 3.8) is 0 Å². The normalized spacial score (nSPS) is 13.1. The summed E-state index contributed by atoms with van der Waals surface area (Å²) in [5.74, 6) is -0.795. The lowest BCUT2D eigenvalue weighted by atomic mass is 10.1. The van der Waals surface area contributed by atoms with Gasteiger partial charge in [-0.05, 0) is 68.5 Å². The van der Waals surface area contributed by atoms with Gasteiger partial charge in [-0.25, -0.2) is 8.42 Å². The van der Waals surface area contributed by atoms with Crippen LogP contribution in [0.2, 0.25) is 10.0 Å². The van der Waals surface area contributed by atoms with Gasteiger partial charge < -0.3 is 10.2 Å². The molecule has 1 N–H and O–H groups in total. The fourth-order valence-electron chi connectivity index (χ4n) is 3.80. The molecular weight excluding hydrogens is 521 g/mol. The highest BCUT2D eigenvalue weighted by Gasteiger charge is 2.32. The molecule has 0 aliphatic rings. The minimum atomic E-state index is -3.80. The van der Waals surface area contributed by atoms with Crippen LogP contribution >= 0.6 is 23.2 Å². The Labute approximate surface area is 224 Å². The van der Waals surface area contributed by atoms with Crippen molar-refractivity contribution in [2.45, 2.75) is 66.1 Å². The molecule has 2 aromatic carbocycles. The maximum Gasteiger partial charge on any atom is 0.244 e. The van der Waals surface area contributed by atoms with Crippen molar-refractivity contribution in [3.8, 4) is 0 Å². The van der Waals surface area contributed by atoms with Crippen LogP contribution in [0.5, 0.6) is 0 Å². The molecule has 0 heterocycles.